The van der Waals surface area contributed by atoms with E-state index in [1.165, 1.54) is 0 Å². The van der Waals surface area contributed by atoms with Crippen LogP contribution in [0.3, 0.4) is 0 Å². The number of ether oxygens (including phenoxy) is 2. The van der Waals surface area contributed by atoms with Crippen LogP contribution >= 0.6 is 0 Å². The van der Waals surface area contributed by atoms with Crippen LogP contribution in [-0.4, -0.2) is 31.8 Å². The zero-order valence-corrected chi connectivity index (χ0v) is 11.6. The molecule has 1 aromatic carbocycles. The molecule has 1 aliphatic rings. The van der Waals surface area contributed by atoms with Gasteiger partial charge in [-0.3, -0.25) is 4.79 Å². The number of esters is 1. The smallest absolute Gasteiger partial charge is 0.310 e. The van der Waals surface area contributed by atoms with Crippen LogP contribution < -0.4 is 10.1 Å². The normalized spacial score (nSPS) is 15.6. The summed E-state index contributed by atoms with van der Waals surface area (Å²) in [6, 6.07) is 7.65. The topological polar surface area (TPSA) is 47.6 Å². The fraction of sp³-hybridized carbons (Fsp3) is 0.438. The van der Waals surface area contributed by atoms with Gasteiger partial charge in [-0.15, -0.1) is 0 Å². The molecule has 0 aliphatic carbocycles. The van der Waals surface area contributed by atoms with Crippen molar-refractivity contribution in [1.29, 1.82) is 0 Å². The first-order valence-corrected chi connectivity index (χ1v) is 7.01. The fourth-order valence-corrected chi connectivity index (χ4v) is 2.16. The van der Waals surface area contributed by atoms with Crippen molar-refractivity contribution in [1.82, 2.24) is 5.32 Å². The molecule has 1 saturated heterocycles. The van der Waals surface area contributed by atoms with Crippen LogP contribution in [0.2, 0.25) is 0 Å². The summed E-state index contributed by atoms with van der Waals surface area (Å²) in [7, 11) is 0. The molecule has 0 atom stereocenters. The minimum absolute atomic E-state index is 0.239. The Balaban J connectivity index is 1.82. The highest BCUT2D eigenvalue weighted by molar-refractivity contribution is 5.72. The second-order valence-electron chi connectivity index (χ2n) is 4.86. The van der Waals surface area contributed by atoms with Crippen molar-refractivity contribution in [3.05, 3.63) is 42.5 Å². The lowest BCUT2D eigenvalue weighted by molar-refractivity contribution is -0.141. The number of hydrogen-bond donors (Lipinski definition) is 1. The van der Waals surface area contributed by atoms with Crippen molar-refractivity contribution in [2.75, 3.05) is 19.7 Å². The Kier molecular flexibility index (Phi) is 5.62. The van der Waals surface area contributed by atoms with E-state index in [9.17, 15) is 4.79 Å². The molecule has 1 aliphatic heterocycles. The number of piperidine rings is 1. The van der Waals surface area contributed by atoms with Gasteiger partial charge in [0.15, 0.2) is 0 Å². The summed E-state index contributed by atoms with van der Waals surface area (Å²) in [5, 5.41) is 3.31. The standard InChI is InChI=1S/C16H21NO3/c1-2-11-19-16(18)12-13-3-5-14(6-4-13)20-15-7-9-17-10-8-15/h2-6,15,17H,1,7-12H2. The van der Waals surface area contributed by atoms with E-state index in [0.717, 1.165) is 37.2 Å². The van der Waals surface area contributed by atoms with E-state index in [0.29, 0.717) is 6.10 Å². The predicted molar refractivity (Wildman–Crippen MR) is 77.8 cm³/mol. The highest BCUT2D eigenvalue weighted by Gasteiger charge is 2.14. The molecule has 0 bridgehead atoms. The lowest BCUT2D eigenvalue weighted by Crippen LogP contribution is -2.34. The van der Waals surface area contributed by atoms with Gasteiger partial charge in [-0.25, -0.2) is 0 Å². The van der Waals surface area contributed by atoms with Crippen LogP contribution in [-0.2, 0) is 16.0 Å². The van der Waals surface area contributed by atoms with Gasteiger partial charge in [0.25, 0.3) is 0 Å². The van der Waals surface area contributed by atoms with Crippen LogP contribution in [0.5, 0.6) is 5.75 Å². The minimum Gasteiger partial charge on any atom is -0.490 e. The summed E-state index contributed by atoms with van der Waals surface area (Å²) >= 11 is 0. The van der Waals surface area contributed by atoms with Gasteiger partial charge in [0.2, 0.25) is 0 Å². The first-order valence-electron chi connectivity index (χ1n) is 7.01. The Labute approximate surface area is 119 Å². The number of carbonyl (C=O) groups is 1. The van der Waals surface area contributed by atoms with Gasteiger partial charge in [-0.05, 0) is 43.6 Å². The first-order chi connectivity index (χ1) is 9.78. The maximum atomic E-state index is 11.5. The zero-order valence-electron chi connectivity index (χ0n) is 11.6. The van der Waals surface area contributed by atoms with E-state index >= 15 is 0 Å². The SMILES string of the molecule is C=CCOC(=O)Cc1ccc(OC2CCNCC2)cc1. The average Bonchev–Trinajstić information content (AvgIpc) is 2.48. The molecule has 1 aromatic rings. The van der Waals surface area contributed by atoms with E-state index in [-0.39, 0.29) is 19.0 Å². The van der Waals surface area contributed by atoms with E-state index in [4.69, 9.17) is 9.47 Å². The maximum absolute atomic E-state index is 11.5. The molecule has 4 nitrogen and oxygen atoms in total. The van der Waals surface area contributed by atoms with Crippen LogP contribution in [0.1, 0.15) is 18.4 Å². The second kappa shape index (κ2) is 7.70. The van der Waals surface area contributed by atoms with Crippen molar-refractivity contribution in [3.8, 4) is 5.75 Å². The zero-order chi connectivity index (χ0) is 14.2. The number of benzene rings is 1. The summed E-state index contributed by atoms with van der Waals surface area (Å²) in [4.78, 5) is 11.5. The molecule has 108 valence electrons. The predicted octanol–water partition coefficient (Wildman–Crippen LogP) is 2.09. The Bertz CT molecular complexity index is 436. The van der Waals surface area contributed by atoms with Gasteiger partial charge >= 0.3 is 5.97 Å². The molecule has 20 heavy (non-hydrogen) atoms. The Morgan fingerprint density at radius 2 is 2.00 bits per heavy atom. The molecule has 0 saturated carbocycles. The molecule has 0 aromatic heterocycles. The molecule has 0 unspecified atom stereocenters. The average molecular weight is 275 g/mol. The van der Waals surface area contributed by atoms with E-state index in [1.54, 1.807) is 6.08 Å². The van der Waals surface area contributed by atoms with Gasteiger partial charge in [0.1, 0.15) is 18.5 Å². The first kappa shape index (κ1) is 14.6. The van der Waals surface area contributed by atoms with Crippen molar-refractivity contribution in [2.45, 2.75) is 25.4 Å². The number of nitrogens with one attached hydrogen (secondary N) is 1. The minimum atomic E-state index is -0.239. The van der Waals surface area contributed by atoms with Gasteiger partial charge in [-0.1, -0.05) is 24.8 Å². The lowest BCUT2D eigenvalue weighted by atomic mass is 10.1. The Morgan fingerprint density at radius 1 is 1.30 bits per heavy atom. The van der Waals surface area contributed by atoms with Crippen molar-refractivity contribution < 1.29 is 14.3 Å². The van der Waals surface area contributed by atoms with E-state index in [1.807, 2.05) is 24.3 Å². The molecular weight excluding hydrogens is 254 g/mol. The molecule has 2 rings (SSSR count). The van der Waals surface area contributed by atoms with Crippen molar-refractivity contribution >= 4 is 5.97 Å². The quantitative estimate of drug-likeness (QED) is 0.638. The number of rotatable bonds is 6. The molecule has 1 heterocycles. The second-order valence-corrected chi connectivity index (χ2v) is 4.86. The van der Waals surface area contributed by atoms with Crippen LogP contribution in [0, 0.1) is 0 Å². The molecule has 1 N–H and O–H groups in total. The lowest BCUT2D eigenvalue weighted by Gasteiger charge is -2.23. The fourth-order valence-electron chi connectivity index (χ4n) is 2.16. The summed E-state index contributed by atoms with van der Waals surface area (Å²) in [6.07, 6.45) is 4.21. The van der Waals surface area contributed by atoms with Gasteiger partial charge in [0, 0.05) is 0 Å². The Morgan fingerprint density at radius 3 is 2.65 bits per heavy atom. The third-order valence-corrected chi connectivity index (χ3v) is 3.22. The highest BCUT2D eigenvalue weighted by Crippen LogP contribution is 2.17. The van der Waals surface area contributed by atoms with Crippen molar-refractivity contribution in [3.63, 3.8) is 0 Å². The maximum Gasteiger partial charge on any atom is 0.310 e. The van der Waals surface area contributed by atoms with Crippen LogP contribution in [0.25, 0.3) is 0 Å². The molecule has 0 radical (unpaired) electrons. The molecular formula is C16H21NO3. The summed E-state index contributed by atoms with van der Waals surface area (Å²) in [5.41, 5.74) is 0.928. The summed E-state index contributed by atoms with van der Waals surface area (Å²) < 4.78 is 10.9. The van der Waals surface area contributed by atoms with Crippen molar-refractivity contribution in [2.24, 2.45) is 0 Å². The number of carbonyl (C=O) groups excluding carboxylic acids is 1. The summed E-state index contributed by atoms with van der Waals surface area (Å²) in [5.74, 6) is 0.622. The van der Waals surface area contributed by atoms with E-state index in [2.05, 4.69) is 11.9 Å². The highest BCUT2D eigenvalue weighted by atomic mass is 16.5. The summed E-state index contributed by atoms with van der Waals surface area (Å²) in [6.45, 7) is 5.79. The monoisotopic (exact) mass is 275 g/mol. The van der Waals surface area contributed by atoms with Gasteiger partial charge in [-0.2, -0.15) is 0 Å². The van der Waals surface area contributed by atoms with Gasteiger partial charge in [0.05, 0.1) is 6.42 Å². The molecule has 4 heteroatoms. The largest absolute Gasteiger partial charge is 0.490 e. The van der Waals surface area contributed by atoms with Crippen LogP contribution in [0.4, 0.5) is 0 Å². The molecule has 0 spiro atoms. The van der Waals surface area contributed by atoms with E-state index < -0.39 is 0 Å². The third-order valence-electron chi connectivity index (χ3n) is 3.22. The van der Waals surface area contributed by atoms with Crippen LogP contribution in [0.15, 0.2) is 36.9 Å². The molecule has 0 amide bonds. The van der Waals surface area contributed by atoms with Gasteiger partial charge < -0.3 is 14.8 Å². The number of hydrogen-bond acceptors (Lipinski definition) is 4. The third kappa shape index (κ3) is 4.70. The Hall–Kier alpha value is -1.81. The molecule has 1 fully saturated rings.